The molecule has 3 nitrogen and oxygen atoms in total. The van der Waals surface area contributed by atoms with Crippen molar-refractivity contribution in [2.45, 2.75) is 64.5 Å². The van der Waals surface area contributed by atoms with Crippen molar-refractivity contribution < 1.29 is 0 Å². The Bertz CT molecular complexity index is 228. The molecule has 2 aliphatic rings. The van der Waals surface area contributed by atoms with Crippen LogP contribution in [-0.2, 0) is 0 Å². The first-order valence-corrected chi connectivity index (χ1v) is 8.45. The van der Waals surface area contributed by atoms with Gasteiger partial charge in [-0.25, -0.2) is 0 Å². The van der Waals surface area contributed by atoms with E-state index in [-0.39, 0.29) is 0 Å². The minimum atomic E-state index is 0.634. The van der Waals surface area contributed by atoms with Crippen LogP contribution in [-0.4, -0.2) is 61.2 Å². The van der Waals surface area contributed by atoms with Gasteiger partial charge in [-0.05, 0) is 38.8 Å². The van der Waals surface area contributed by atoms with Crippen LogP contribution in [0, 0.1) is 0 Å². The predicted octanol–water partition coefficient (Wildman–Crippen LogP) is 2.32. The Balaban J connectivity index is 1.51. The fraction of sp³-hybridized carbons (Fsp3) is 1.00. The van der Waals surface area contributed by atoms with E-state index in [4.69, 9.17) is 0 Å². The summed E-state index contributed by atoms with van der Waals surface area (Å²) in [7, 11) is 0. The van der Waals surface area contributed by atoms with Gasteiger partial charge in [-0.15, -0.1) is 0 Å². The smallest absolute Gasteiger partial charge is 0.0113 e. The minimum Gasteiger partial charge on any atom is -0.315 e. The molecule has 0 aromatic carbocycles. The van der Waals surface area contributed by atoms with Crippen LogP contribution in [0.2, 0.25) is 0 Å². The van der Waals surface area contributed by atoms with Gasteiger partial charge in [0.1, 0.15) is 0 Å². The number of piperazine rings is 1. The molecule has 0 bridgehead atoms. The molecular formula is C16H33N3. The first kappa shape index (κ1) is 15.3. The van der Waals surface area contributed by atoms with Crippen molar-refractivity contribution in [2.75, 3.05) is 39.3 Å². The zero-order chi connectivity index (χ0) is 13.5. The quantitative estimate of drug-likeness (QED) is 0.714. The van der Waals surface area contributed by atoms with Crippen molar-refractivity contribution in [1.29, 1.82) is 0 Å². The fourth-order valence-electron chi connectivity index (χ4n) is 3.47. The first-order valence-electron chi connectivity index (χ1n) is 8.45. The largest absolute Gasteiger partial charge is 0.315 e. The summed E-state index contributed by atoms with van der Waals surface area (Å²) in [6, 6.07) is 1.56. The number of hydrogen-bond acceptors (Lipinski definition) is 3. The van der Waals surface area contributed by atoms with Crippen molar-refractivity contribution >= 4 is 0 Å². The monoisotopic (exact) mass is 267 g/mol. The molecule has 0 aromatic heterocycles. The van der Waals surface area contributed by atoms with Gasteiger partial charge in [0.2, 0.25) is 0 Å². The van der Waals surface area contributed by atoms with Gasteiger partial charge in [0.05, 0.1) is 0 Å². The Kier molecular flexibility index (Phi) is 6.62. The molecule has 1 N–H and O–H groups in total. The van der Waals surface area contributed by atoms with E-state index < -0.39 is 0 Å². The number of hydrogen-bond donors (Lipinski definition) is 1. The number of rotatable bonds is 7. The van der Waals surface area contributed by atoms with Crippen molar-refractivity contribution in [2.24, 2.45) is 0 Å². The summed E-state index contributed by atoms with van der Waals surface area (Å²) >= 11 is 0. The molecule has 19 heavy (non-hydrogen) atoms. The van der Waals surface area contributed by atoms with E-state index in [0.29, 0.717) is 6.04 Å². The van der Waals surface area contributed by atoms with Crippen molar-refractivity contribution in [3.05, 3.63) is 0 Å². The van der Waals surface area contributed by atoms with E-state index in [1.54, 1.807) is 0 Å². The van der Waals surface area contributed by atoms with E-state index >= 15 is 0 Å². The highest BCUT2D eigenvalue weighted by atomic mass is 15.3. The van der Waals surface area contributed by atoms with Crippen LogP contribution in [0.3, 0.4) is 0 Å². The van der Waals surface area contributed by atoms with E-state index in [9.17, 15) is 0 Å². The average Bonchev–Trinajstić information content (AvgIpc) is 2.93. The summed E-state index contributed by atoms with van der Waals surface area (Å²) < 4.78 is 0. The third-order valence-electron chi connectivity index (χ3n) is 4.70. The molecule has 0 spiro atoms. The van der Waals surface area contributed by atoms with Gasteiger partial charge in [0, 0.05) is 38.3 Å². The zero-order valence-electron chi connectivity index (χ0n) is 13.0. The van der Waals surface area contributed by atoms with Crippen LogP contribution in [0.15, 0.2) is 0 Å². The van der Waals surface area contributed by atoms with Gasteiger partial charge >= 0.3 is 0 Å². The standard InChI is InChI=1S/C16H33N3/c1-15(2)17-9-5-6-10-18-11-13-19(14-12-18)16-7-3-4-8-16/h15-17H,3-14H2,1-2H3. The van der Waals surface area contributed by atoms with E-state index in [0.717, 1.165) is 6.04 Å². The molecule has 1 aliphatic heterocycles. The summed E-state index contributed by atoms with van der Waals surface area (Å²) in [5.74, 6) is 0. The minimum absolute atomic E-state index is 0.634. The molecule has 1 saturated heterocycles. The average molecular weight is 267 g/mol. The molecular weight excluding hydrogens is 234 g/mol. The first-order chi connectivity index (χ1) is 9.25. The van der Waals surface area contributed by atoms with Gasteiger partial charge in [-0.1, -0.05) is 26.7 Å². The van der Waals surface area contributed by atoms with Crippen molar-refractivity contribution in [1.82, 2.24) is 15.1 Å². The van der Waals surface area contributed by atoms with Gasteiger partial charge in [-0.3, -0.25) is 4.90 Å². The number of nitrogens with zero attached hydrogens (tertiary/aromatic N) is 2. The van der Waals surface area contributed by atoms with Crippen LogP contribution >= 0.6 is 0 Å². The Morgan fingerprint density at radius 3 is 2.32 bits per heavy atom. The highest BCUT2D eigenvalue weighted by molar-refractivity contribution is 4.81. The molecule has 0 unspecified atom stereocenters. The molecule has 2 fully saturated rings. The van der Waals surface area contributed by atoms with Crippen molar-refractivity contribution in [3.63, 3.8) is 0 Å². The van der Waals surface area contributed by atoms with Crippen molar-refractivity contribution in [3.8, 4) is 0 Å². The normalized spacial score (nSPS) is 23.5. The lowest BCUT2D eigenvalue weighted by Gasteiger charge is -2.38. The van der Waals surface area contributed by atoms with Crippen LogP contribution in [0.5, 0.6) is 0 Å². The second kappa shape index (κ2) is 8.23. The predicted molar refractivity (Wildman–Crippen MR) is 82.6 cm³/mol. The number of unbranched alkanes of at least 4 members (excludes halogenated alkanes) is 1. The Morgan fingerprint density at radius 2 is 1.68 bits per heavy atom. The Labute approximate surface area is 119 Å². The highest BCUT2D eigenvalue weighted by Gasteiger charge is 2.25. The zero-order valence-corrected chi connectivity index (χ0v) is 13.0. The highest BCUT2D eigenvalue weighted by Crippen LogP contribution is 2.24. The van der Waals surface area contributed by atoms with E-state index in [1.165, 1.54) is 77.8 Å². The van der Waals surface area contributed by atoms with Gasteiger partial charge in [-0.2, -0.15) is 0 Å². The molecule has 0 aromatic rings. The van der Waals surface area contributed by atoms with Gasteiger partial charge in [0.15, 0.2) is 0 Å². The van der Waals surface area contributed by atoms with Gasteiger partial charge in [0.25, 0.3) is 0 Å². The lowest BCUT2D eigenvalue weighted by atomic mass is 10.1. The Morgan fingerprint density at radius 1 is 1.00 bits per heavy atom. The third-order valence-corrected chi connectivity index (χ3v) is 4.70. The summed E-state index contributed by atoms with van der Waals surface area (Å²) in [5, 5.41) is 3.50. The van der Waals surface area contributed by atoms with E-state index in [1.807, 2.05) is 0 Å². The van der Waals surface area contributed by atoms with Crippen LogP contribution in [0.4, 0.5) is 0 Å². The molecule has 1 saturated carbocycles. The number of nitrogens with one attached hydrogen (secondary N) is 1. The summed E-state index contributed by atoms with van der Waals surface area (Å²) in [4.78, 5) is 5.42. The van der Waals surface area contributed by atoms with Crippen LogP contribution in [0.1, 0.15) is 52.4 Å². The van der Waals surface area contributed by atoms with Gasteiger partial charge < -0.3 is 10.2 Å². The lowest BCUT2D eigenvalue weighted by Crippen LogP contribution is -2.49. The van der Waals surface area contributed by atoms with Crippen LogP contribution in [0.25, 0.3) is 0 Å². The molecule has 1 aliphatic carbocycles. The SMILES string of the molecule is CC(C)NCCCCN1CCN(C2CCCC2)CC1. The second-order valence-corrected chi connectivity index (χ2v) is 6.63. The third kappa shape index (κ3) is 5.41. The topological polar surface area (TPSA) is 18.5 Å². The molecule has 112 valence electrons. The molecule has 0 atom stereocenters. The Hall–Kier alpha value is -0.120. The maximum Gasteiger partial charge on any atom is 0.0113 e. The molecule has 0 amide bonds. The lowest BCUT2D eigenvalue weighted by molar-refractivity contribution is 0.0968. The fourth-order valence-corrected chi connectivity index (χ4v) is 3.47. The summed E-state index contributed by atoms with van der Waals surface area (Å²) in [6.45, 7) is 12.2. The molecule has 0 radical (unpaired) electrons. The van der Waals surface area contributed by atoms with Crippen LogP contribution < -0.4 is 5.32 Å². The maximum atomic E-state index is 3.50. The summed E-state index contributed by atoms with van der Waals surface area (Å²) in [5.41, 5.74) is 0. The maximum absolute atomic E-state index is 3.50. The van der Waals surface area contributed by atoms with E-state index in [2.05, 4.69) is 29.0 Å². The molecule has 1 heterocycles. The summed E-state index contributed by atoms with van der Waals surface area (Å²) in [6.07, 6.45) is 8.52. The second-order valence-electron chi connectivity index (χ2n) is 6.63. The molecule has 2 rings (SSSR count). The molecule has 3 heteroatoms.